The van der Waals surface area contributed by atoms with E-state index in [9.17, 15) is 9.90 Å². The lowest BCUT2D eigenvalue weighted by molar-refractivity contribution is 0.0768. The molecule has 0 spiro atoms. The molecule has 1 N–H and O–H groups in total. The molecule has 2 rings (SSSR count). The van der Waals surface area contributed by atoms with Crippen LogP contribution in [0.1, 0.15) is 42.8 Å². The van der Waals surface area contributed by atoms with Crippen LogP contribution in [0.5, 0.6) is 0 Å². The van der Waals surface area contributed by atoms with E-state index in [2.05, 4.69) is 0 Å². The average molecular weight is 271 g/mol. The van der Waals surface area contributed by atoms with E-state index in [0.29, 0.717) is 24.2 Å². The Kier molecular flexibility index (Phi) is 4.40. The van der Waals surface area contributed by atoms with Gasteiger partial charge >= 0.3 is 0 Å². The summed E-state index contributed by atoms with van der Waals surface area (Å²) in [5, 5.41) is 11.9. The van der Waals surface area contributed by atoms with Crippen molar-refractivity contribution in [1.82, 2.24) is 4.90 Å². The van der Waals surface area contributed by atoms with Crippen molar-refractivity contribution in [2.24, 2.45) is 0 Å². The molecule has 2 aromatic carbocycles. The minimum atomic E-state index is -0.658. The SMILES string of the molecule is CCN(CC)C(=O)c1c([C@@H](C)O)ccc2ccccc12. The first-order valence-corrected chi connectivity index (χ1v) is 7.09. The molecule has 3 nitrogen and oxygen atoms in total. The van der Waals surface area contributed by atoms with Crippen molar-refractivity contribution >= 4 is 16.7 Å². The van der Waals surface area contributed by atoms with E-state index in [4.69, 9.17) is 0 Å². The van der Waals surface area contributed by atoms with Gasteiger partial charge in [-0.05, 0) is 37.1 Å². The number of nitrogens with zero attached hydrogens (tertiary/aromatic N) is 1. The summed E-state index contributed by atoms with van der Waals surface area (Å²) in [6, 6.07) is 11.6. The highest BCUT2D eigenvalue weighted by molar-refractivity contribution is 6.08. The number of carbonyl (C=O) groups is 1. The van der Waals surface area contributed by atoms with E-state index >= 15 is 0 Å². The summed E-state index contributed by atoms with van der Waals surface area (Å²) in [5.41, 5.74) is 1.32. The third-order valence-electron chi connectivity index (χ3n) is 3.68. The molecule has 2 aromatic rings. The maximum absolute atomic E-state index is 12.8. The largest absolute Gasteiger partial charge is 0.389 e. The second-order valence-corrected chi connectivity index (χ2v) is 4.90. The zero-order valence-corrected chi connectivity index (χ0v) is 12.3. The standard InChI is InChI=1S/C17H21NO2/c1-4-18(5-2)17(20)16-14(12(3)19)11-10-13-8-6-7-9-15(13)16/h6-12,19H,4-5H2,1-3H3/t12-/m1/s1. The molecule has 0 radical (unpaired) electrons. The van der Waals surface area contributed by atoms with Gasteiger partial charge in [0.25, 0.3) is 5.91 Å². The Balaban J connectivity index is 2.69. The summed E-state index contributed by atoms with van der Waals surface area (Å²) in [4.78, 5) is 14.5. The lowest BCUT2D eigenvalue weighted by Crippen LogP contribution is -2.31. The molecule has 0 aliphatic heterocycles. The normalized spacial score (nSPS) is 12.4. The molecular formula is C17H21NO2. The molecule has 0 fully saturated rings. The van der Waals surface area contributed by atoms with Gasteiger partial charge in [-0.25, -0.2) is 0 Å². The minimum Gasteiger partial charge on any atom is -0.389 e. The van der Waals surface area contributed by atoms with Crippen LogP contribution in [-0.4, -0.2) is 29.0 Å². The Bertz CT molecular complexity index is 615. The second-order valence-electron chi connectivity index (χ2n) is 4.90. The number of fused-ring (bicyclic) bond motifs is 1. The summed E-state index contributed by atoms with van der Waals surface area (Å²) in [6.45, 7) is 6.96. The van der Waals surface area contributed by atoms with Gasteiger partial charge in [-0.2, -0.15) is 0 Å². The summed E-state index contributed by atoms with van der Waals surface area (Å²) in [6.07, 6.45) is -0.658. The van der Waals surface area contributed by atoms with Gasteiger partial charge in [0.05, 0.1) is 11.7 Å². The van der Waals surface area contributed by atoms with Gasteiger partial charge < -0.3 is 10.0 Å². The van der Waals surface area contributed by atoms with Crippen LogP contribution < -0.4 is 0 Å². The number of aliphatic hydroxyl groups is 1. The molecule has 3 heteroatoms. The number of carbonyl (C=O) groups excluding carboxylic acids is 1. The summed E-state index contributed by atoms with van der Waals surface area (Å²) >= 11 is 0. The van der Waals surface area contributed by atoms with Crippen LogP contribution >= 0.6 is 0 Å². The molecular weight excluding hydrogens is 250 g/mol. The fourth-order valence-electron chi connectivity index (χ4n) is 2.54. The Labute approximate surface area is 119 Å². The van der Waals surface area contributed by atoms with Gasteiger partial charge in [-0.15, -0.1) is 0 Å². The Hall–Kier alpha value is -1.87. The van der Waals surface area contributed by atoms with Gasteiger partial charge in [-0.1, -0.05) is 36.4 Å². The Morgan fingerprint density at radius 3 is 2.40 bits per heavy atom. The monoisotopic (exact) mass is 271 g/mol. The first kappa shape index (κ1) is 14.5. The van der Waals surface area contributed by atoms with Crippen molar-refractivity contribution in [2.45, 2.75) is 26.9 Å². The number of hydrogen-bond acceptors (Lipinski definition) is 2. The molecule has 0 aromatic heterocycles. The van der Waals surface area contributed by atoms with Crippen LogP contribution in [0.25, 0.3) is 10.8 Å². The fourth-order valence-corrected chi connectivity index (χ4v) is 2.54. The number of benzene rings is 2. The molecule has 20 heavy (non-hydrogen) atoms. The van der Waals surface area contributed by atoms with E-state index < -0.39 is 6.10 Å². The smallest absolute Gasteiger partial charge is 0.254 e. The predicted molar refractivity (Wildman–Crippen MR) is 81.8 cm³/mol. The molecule has 0 saturated heterocycles. The quantitative estimate of drug-likeness (QED) is 0.926. The Morgan fingerprint density at radius 1 is 1.15 bits per heavy atom. The summed E-state index contributed by atoms with van der Waals surface area (Å²) in [5.74, 6) is -0.0114. The molecule has 0 saturated carbocycles. The zero-order chi connectivity index (χ0) is 14.7. The van der Waals surface area contributed by atoms with Crippen molar-refractivity contribution in [3.8, 4) is 0 Å². The lowest BCUT2D eigenvalue weighted by Gasteiger charge is -2.22. The van der Waals surface area contributed by atoms with E-state index in [-0.39, 0.29) is 5.91 Å². The molecule has 0 bridgehead atoms. The van der Waals surface area contributed by atoms with Crippen molar-refractivity contribution < 1.29 is 9.90 Å². The third-order valence-corrected chi connectivity index (χ3v) is 3.68. The first-order valence-electron chi connectivity index (χ1n) is 7.09. The van der Waals surface area contributed by atoms with Gasteiger partial charge in [-0.3, -0.25) is 4.79 Å². The topological polar surface area (TPSA) is 40.5 Å². The minimum absolute atomic E-state index is 0.0114. The third kappa shape index (κ3) is 2.54. The summed E-state index contributed by atoms with van der Waals surface area (Å²) in [7, 11) is 0. The van der Waals surface area contributed by atoms with Crippen LogP contribution in [0.3, 0.4) is 0 Å². The maximum Gasteiger partial charge on any atom is 0.254 e. The number of amides is 1. The van der Waals surface area contributed by atoms with Crippen molar-refractivity contribution in [2.75, 3.05) is 13.1 Å². The molecule has 106 valence electrons. The van der Waals surface area contributed by atoms with E-state index in [1.165, 1.54) is 0 Å². The number of aliphatic hydroxyl groups excluding tert-OH is 1. The van der Waals surface area contributed by atoms with E-state index in [1.54, 1.807) is 11.8 Å². The second kappa shape index (κ2) is 6.06. The van der Waals surface area contributed by atoms with Crippen molar-refractivity contribution in [1.29, 1.82) is 0 Å². The lowest BCUT2D eigenvalue weighted by atomic mass is 9.95. The zero-order valence-electron chi connectivity index (χ0n) is 12.3. The fraction of sp³-hybridized carbons (Fsp3) is 0.353. The van der Waals surface area contributed by atoms with Crippen LogP contribution in [0.4, 0.5) is 0 Å². The van der Waals surface area contributed by atoms with Crippen LogP contribution in [-0.2, 0) is 0 Å². The van der Waals surface area contributed by atoms with Crippen molar-refractivity contribution in [3.63, 3.8) is 0 Å². The molecule has 0 aliphatic carbocycles. The van der Waals surface area contributed by atoms with Gasteiger partial charge in [0.15, 0.2) is 0 Å². The van der Waals surface area contributed by atoms with Gasteiger partial charge in [0.2, 0.25) is 0 Å². The predicted octanol–water partition coefficient (Wildman–Crippen LogP) is 3.38. The molecule has 0 aliphatic rings. The highest BCUT2D eigenvalue weighted by atomic mass is 16.3. The molecule has 1 amide bonds. The van der Waals surface area contributed by atoms with Gasteiger partial charge in [0.1, 0.15) is 0 Å². The molecule has 0 unspecified atom stereocenters. The number of hydrogen-bond donors (Lipinski definition) is 1. The summed E-state index contributed by atoms with van der Waals surface area (Å²) < 4.78 is 0. The highest BCUT2D eigenvalue weighted by Gasteiger charge is 2.21. The Morgan fingerprint density at radius 2 is 1.80 bits per heavy atom. The van der Waals surface area contributed by atoms with Crippen LogP contribution in [0, 0.1) is 0 Å². The number of rotatable bonds is 4. The van der Waals surface area contributed by atoms with Gasteiger partial charge in [0, 0.05) is 13.1 Å². The molecule has 1 atom stereocenters. The van der Waals surface area contributed by atoms with Crippen molar-refractivity contribution in [3.05, 3.63) is 47.5 Å². The average Bonchev–Trinajstić information content (AvgIpc) is 2.46. The highest BCUT2D eigenvalue weighted by Crippen LogP contribution is 2.28. The first-order chi connectivity index (χ1) is 9.60. The van der Waals surface area contributed by atoms with Crippen LogP contribution in [0.2, 0.25) is 0 Å². The molecule has 0 heterocycles. The maximum atomic E-state index is 12.8. The van der Waals surface area contributed by atoms with E-state index in [0.717, 1.165) is 10.8 Å². The van der Waals surface area contributed by atoms with E-state index in [1.807, 2.05) is 50.2 Å². The van der Waals surface area contributed by atoms with Crippen LogP contribution in [0.15, 0.2) is 36.4 Å².